The second-order valence-electron chi connectivity index (χ2n) is 7.49. The second-order valence-corrected chi connectivity index (χ2v) is 7.49. The molecular formula is C27H31NO6. The molecule has 1 aromatic heterocycles. The van der Waals surface area contributed by atoms with E-state index in [1.54, 1.807) is 19.2 Å². The quantitative estimate of drug-likeness (QED) is 0.201. The summed E-state index contributed by atoms with van der Waals surface area (Å²) in [5, 5.41) is 8.72. The largest absolute Gasteiger partial charge is 0.496 e. The summed E-state index contributed by atoms with van der Waals surface area (Å²) in [6, 6.07) is 11.4. The monoisotopic (exact) mass is 465 g/mol. The van der Waals surface area contributed by atoms with Gasteiger partial charge >= 0.3 is 11.9 Å². The van der Waals surface area contributed by atoms with Crippen LogP contribution in [-0.4, -0.2) is 42.9 Å². The molecule has 0 spiro atoms. The first-order chi connectivity index (χ1) is 16.5. The molecule has 0 aliphatic rings. The van der Waals surface area contributed by atoms with Gasteiger partial charge < -0.3 is 19.3 Å². The number of aromatic nitrogens is 1. The van der Waals surface area contributed by atoms with Crippen LogP contribution in [0.5, 0.6) is 11.5 Å². The van der Waals surface area contributed by atoms with Crippen molar-refractivity contribution >= 4 is 11.9 Å². The fraction of sp³-hybridized carbons (Fsp3) is 0.370. The Morgan fingerprint density at radius 1 is 1.15 bits per heavy atom. The maximum absolute atomic E-state index is 11.6. The molecule has 1 heterocycles. The number of para-hydroxylation sites is 1. The van der Waals surface area contributed by atoms with Crippen LogP contribution in [0.15, 0.2) is 49.1 Å². The zero-order valence-electron chi connectivity index (χ0n) is 19.7. The maximum Gasteiger partial charge on any atom is 0.305 e. The van der Waals surface area contributed by atoms with Crippen molar-refractivity contribution in [2.75, 3.05) is 20.8 Å². The Morgan fingerprint density at radius 3 is 2.65 bits per heavy atom. The number of carbonyl (C=O) groups is 2. The van der Waals surface area contributed by atoms with Gasteiger partial charge in [-0.25, -0.2) is 4.98 Å². The van der Waals surface area contributed by atoms with E-state index in [1.165, 1.54) is 7.11 Å². The van der Waals surface area contributed by atoms with Crippen molar-refractivity contribution in [2.45, 2.75) is 44.4 Å². The first-order valence-electron chi connectivity index (χ1n) is 11.1. The third-order valence-corrected chi connectivity index (χ3v) is 5.15. The molecule has 2 aromatic rings. The molecule has 0 radical (unpaired) electrons. The van der Waals surface area contributed by atoms with Crippen LogP contribution in [0.4, 0.5) is 0 Å². The Hall–Kier alpha value is -3.79. The van der Waals surface area contributed by atoms with Crippen LogP contribution < -0.4 is 9.47 Å². The number of nitrogens with zero attached hydrogens (tertiary/aromatic N) is 1. The summed E-state index contributed by atoms with van der Waals surface area (Å²) in [6.07, 6.45) is 4.27. The van der Waals surface area contributed by atoms with Gasteiger partial charge in [0.1, 0.15) is 17.2 Å². The van der Waals surface area contributed by atoms with Gasteiger partial charge in [0, 0.05) is 24.3 Å². The number of methoxy groups -OCH3 is 2. The average Bonchev–Trinajstić information content (AvgIpc) is 2.85. The number of rotatable bonds is 13. The van der Waals surface area contributed by atoms with E-state index in [-0.39, 0.29) is 31.1 Å². The van der Waals surface area contributed by atoms with E-state index >= 15 is 0 Å². The molecule has 1 N–H and O–H groups in total. The smallest absolute Gasteiger partial charge is 0.305 e. The van der Waals surface area contributed by atoms with Gasteiger partial charge in [-0.05, 0) is 37.0 Å². The van der Waals surface area contributed by atoms with Gasteiger partial charge in [0.05, 0.1) is 39.4 Å². The number of hydrogen-bond acceptors (Lipinski definition) is 6. The molecule has 0 aliphatic carbocycles. The fourth-order valence-corrected chi connectivity index (χ4v) is 3.37. The minimum atomic E-state index is -0.894. The Kier molecular flexibility index (Phi) is 11.2. The molecule has 0 bridgehead atoms. The number of aryl methyl sites for hydroxylation is 1. The SMILES string of the molecule is C=CC(CCCOc1ccc(C#CCCC(=O)O)nc1CCC(=O)OC)c1ccccc1OC. The van der Waals surface area contributed by atoms with Crippen LogP contribution in [-0.2, 0) is 20.7 Å². The van der Waals surface area contributed by atoms with Crippen LogP contribution in [0, 0.1) is 11.8 Å². The van der Waals surface area contributed by atoms with E-state index in [9.17, 15) is 9.59 Å². The number of carboxylic acids is 1. The molecule has 0 amide bonds. The Balaban J connectivity index is 2.03. The fourth-order valence-electron chi connectivity index (χ4n) is 3.37. The molecule has 0 saturated heterocycles. The third-order valence-electron chi connectivity index (χ3n) is 5.15. The van der Waals surface area contributed by atoms with E-state index in [4.69, 9.17) is 19.3 Å². The molecular weight excluding hydrogens is 434 g/mol. The van der Waals surface area contributed by atoms with Crippen molar-refractivity contribution in [1.29, 1.82) is 0 Å². The first kappa shape index (κ1) is 26.5. The topological polar surface area (TPSA) is 95.0 Å². The molecule has 1 unspecified atom stereocenters. The summed E-state index contributed by atoms with van der Waals surface area (Å²) in [6.45, 7) is 4.44. The highest BCUT2D eigenvalue weighted by atomic mass is 16.5. The van der Waals surface area contributed by atoms with E-state index in [0.717, 1.165) is 24.2 Å². The molecule has 2 rings (SSSR count). The number of allylic oxidation sites excluding steroid dienone is 1. The zero-order chi connectivity index (χ0) is 24.8. The number of esters is 1. The Morgan fingerprint density at radius 2 is 1.94 bits per heavy atom. The Bertz CT molecular complexity index is 1040. The van der Waals surface area contributed by atoms with Gasteiger partial charge in [0.15, 0.2) is 0 Å². The molecule has 0 saturated carbocycles. The number of carbonyl (C=O) groups excluding carboxylic acids is 1. The average molecular weight is 466 g/mol. The van der Waals surface area contributed by atoms with Crippen molar-refractivity contribution < 1.29 is 28.9 Å². The minimum absolute atomic E-state index is 0.0239. The van der Waals surface area contributed by atoms with Gasteiger partial charge in [-0.1, -0.05) is 30.2 Å². The van der Waals surface area contributed by atoms with Gasteiger partial charge in [-0.15, -0.1) is 6.58 Å². The molecule has 180 valence electrons. The van der Waals surface area contributed by atoms with Crippen molar-refractivity contribution in [2.24, 2.45) is 0 Å². The molecule has 34 heavy (non-hydrogen) atoms. The zero-order valence-corrected chi connectivity index (χ0v) is 19.7. The summed E-state index contributed by atoms with van der Waals surface area (Å²) in [7, 11) is 3.00. The predicted octanol–water partition coefficient (Wildman–Crippen LogP) is 4.54. The van der Waals surface area contributed by atoms with Crippen molar-refractivity contribution in [3.8, 4) is 23.3 Å². The van der Waals surface area contributed by atoms with E-state index in [0.29, 0.717) is 30.2 Å². The first-order valence-corrected chi connectivity index (χ1v) is 11.1. The summed E-state index contributed by atoms with van der Waals surface area (Å²) >= 11 is 0. The van der Waals surface area contributed by atoms with Crippen LogP contribution >= 0.6 is 0 Å². The Labute approximate surface area is 200 Å². The minimum Gasteiger partial charge on any atom is -0.496 e. The number of carboxylic acid groups (broad SMARTS) is 1. The van der Waals surface area contributed by atoms with E-state index < -0.39 is 5.97 Å². The van der Waals surface area contributed by atoms with Crippen LogP contribution in [0.1, 0.15) is 55.0 Å². The number of hydrogen-bond donors (Lipinski definition) is 1. The normalized spacial score (nSPS) is 11.0. The van der Waals surface area contributed by atoms with E-state index in [1.807, 2.05) is 30.3 Å². The van der Waals surface area contributed by atoms with E-state index in [2.05, 4.69) is 23.4 Å². The summed E-state index contributed by atoms with van der Waals surface area (Å²) in [5.74, 6) is 6.01. The lowest BCUT2D eigenvalue weighted by atomic mass is 9.93. The van der Waals surface area contributed by atoms with Crippen molar-refractivity contribution in [1.82, 2.24) is 4.98 Å². The molecule has 0 aliphatic heterocycles. The van der Waals surface area contributed by atoms with Crippen LogP contribution in [0.25, 0.3) is 0 Å². The predicted molar refractivity (Wildman–Crippen MR) is 129 cm³/mol. The number of aliphatic carboxylic acids is 1. The maximum atomic E-state index is 11.6. The second kappa shape index (κ2) is 14.4. The van der Waals surface area contributed by atoms with Crippen LogP contribution in [0.3, 0.4) is 0 Å². The van der Waals surface area contributed by atoms with Gasteiger partial charge in [0.25, 0.3) is 0 Å². The van der Waals surface area contributed by atoms with Crippen molar-refractivity contribution in [3.63, 3.8) is 0 Å². The summed E-state index contributed by atoms with van der Waals surface area (Å²) < 4.78 is 16.2. The lowest BCUT2D eigenvalue weighted by Crippen LogP contribution is -2.08. The molecule has 7 nitrogen and oxygen atoms in total. The molecule has 0 fully saturated rings. The highest BCUT2D eigenvalue weighted by Gasteiger charge is 2.14. The summed E-state index contributed by atoms with van der Waals surface area (Å²) in [5.41, 5.74) is 2.20. The molecule has 1 atom stereocenters. The lowest BCUT2D eigenvalue weighted by Gasteiger charge is -2.17. The van der Waals surface area contributed by atoms with Crippen LogP contribution in [0.2, 0.25) is 0 Å². The number of pyridine rings is 1. The molecule has 1 aromatic carbocycles. The highest BCUT2D eigenvalue weighted by Crippen LogP contribution is 2.30. The highest BCUT2D eigenvalue weighted by molar-refractivity contribution is 5.69. The van der Waals surface area contributed by atoms with Gasteiger partial charge in [-0.2, -0.15) is 0 Å². The van der Waals surface area contributed by atoms with Gasteiger partial charge in [0.2, 0.25) is 0 Å². The standard InChI is InChI=1S/C27H31NO6/c1-4-20(22-12-6-7-13-24(22)32-2)10-9-19-34-25-17-15-21(11-5-8-14-26(29)30)28-23(25)16-18-27(31)33-3/h4,6-7,12-13,15,17,20H,1,8-10,14,16,18-19H2,2-3H3,(H,29,30). The van der Waals surface area contributed by atoms with Crippen molar-refractivity contribution in [3.05, 3.63) is 66.0 Å². The third kappa shape index (κ3) is 8.62. The molecule has 7 heteroatoms. The number of ether oxygens (including phenoxy) is 3. The summed E-state index contributed by atoms with van der Waals surface area (Å²) in [4.78, 5) is 26.8. The van der Waals surface area contributed by atoms with Gasteiger partial charge in [-0.3, -0.25) is 9.59 Å². The lowest BCUT2D eigenvalue weighted by molar-refractivity contribution is -0.140. The number of benzene rings is 1.